The van der Waals surface area contributed by atoms with Crippen molar-refractivity contribution in [3.8, 4) is 0 Å². The zero-order valence-corrected chi connectivity index (χ0v) is 21.8. The van der Waals surface area contributed by atoms with E-state index >= 15 is 0 Å². The maximum Gasteiger partial charge on any atom is 0.0717 e. The quantitative estimate of drug-likeness (QED) is 0.161. The molecule has 0 saturated heterocycles. The van der Waals surface area contributed by atoms with Crippen molar-refractivity contribution in [1.29, 1.82) is 0 Å². The lowest BCUT2D eigenvalue weighted by molar-refractivity contribution is 0.125. The summed E-state index contributed by atoms with van der Waals surface area (Å²) in [5.74, 6) is 0. The minimum Gasteiger partial charge on any atom is -0.376 e. The Morgan fingerprint density at radius 3 is 1.26 bits per heavy atom. The van der Waals surface area contributed by atoms with Crippen molar-refractivity contribution in [2.45, 2.75) is 91.3 Å². The summed E-state index contributed by atoms with van der Waals surface area (Å²) in [6, 6.07) is 20.6. The van der Waals surface area contributed by atoms with Crippen LogP contribution in [0, 0.1) is 0 Å². The summed E-state index contributed by atoms with van der Waals surface area (Å²) in [6.45, 7) is 7.57. The number of allylic oxidation sites excluding steroid dienone is 2. The molecule has 0 radical (unpaired) electrons. The Balaban J connectivity index is 0.000000340. The molecule has 0 bridgehead atoms. The van der Waals surface area contributed by atoms with E-state index in [9.17, 15) is 0 Å². The van der Waals surface area contributed by atoms with Crippen LogP contribution in [0.1, 0.15) is 89.2 Å². The van der Waals surface area contributed by atoms with E-state index in [4.69, 9.17) is 9.47 Å². The van der Waals surface area contributed by atoms with E-state index in [1.54, 1.807) is 0 Å². The van der Waals surface area contributed by atoms with Crippen LogP contribution in [0.15, 0.2) is 85.0 Å². The number of hydrogen-bond acceptors (Lipinski definition) is 2. The lowest BCUT2D eigenvalue weighted by Gasteiger charge is -2.01. The van der Waals surface area contributed by atoms with Crippen LogP contribution in [0.3, 0.4) is 0 Å². The topological polar surface area (TPSA) is 18.5 Å². The molecule has 188 valence electrons. The highest BCUT2D eigenvalue weighted by atomic mass is 16.5. The van der Waals surface area contributed by atoms with Gasteiger partial charge in [0.1, 0.15) is 0 Å². The van der Waals surface area contributed by atoms with Gasteiger partial charge in [-0.3, -0.25) is 0 Å². The zero-order valence-electron chi connectivity index (χ0n) is 21.8. The highest BCUT2D eigenvalue weighted by Gasteiger charge is 1.91. The van der Waals surface area contributed by atoms with Crippen LogP contribution in [0.25, 0.3) is 0 Å². The minimum atomic E-state index is 0.727. The first-order valence-electron chi connectivity index (χ1n) is 13.4. The fourth-order valence-electron chi connectivity index (χ4n) is 3.33. The summed E-state index contributed by atoms with van der Waals surface area (Å²) in [5, 5.41) is 0. The predicted octanol–water partition coefficient (Wildman–Crippen LogP) is 9.46. The number of benzene rings is 2. The lowest BCUT2D eigenvalue weighted by atomic mass is 10.2. The Labute approximate surface area is 210 Å². The molecule has 34 heavy (non-hydrogen) atoms. The van der Waals surface area contributed by atoms with Gasteiger partial charge in [0.15, 0.2) is 0 Å². The normalized spacial score (nSPS) is 11.1. The van der Waals surface area contributed by atoms with Crippen molar-refractivity contribution in [1.82, 2.24) is 0 Å². The highest BCUT2D eigenvalue weighted by molar-refractivity contribution is 5.14. The molecule has 2 heteroatoms. The average molecular weight is 465 g/mol. The van der Waals surface area contributed by atoms with Crippen molar-refractivity contribution < 1.29 is 9.47 Å². The fourth-order valence-corrected chi connectivity index (χ4v) is 3.33. The lowest BCUT2D eigenvalue weighted by Crippen LogP contribution is -1.93. The van der Waals surface area contributed by atoms with Crippen molar-refractivity contribution in [2.24, 2.45) is 0 Å². The van der Waals surface area contributed by atoms with Crippen molar-refractivity contribution in [2.75, 3.05) is 13.2 Å². The van der Waals surface area contributed by atoms with Gasteiger partial charge in [-0.25, -0.2) is 0 Å². The average Bonchev–Trinajstić information content (AvgIpc) is 2.88. The molecular formula is C32H48O2. The van der Waals surface area contributed by atoms with Gasteiger partial charge in [-0.2, -0.15) is 0 Å². The maximum atomic E-state index is 5.60. The van der Waals surface area contributed by atoms with E-state index in [0.29, 0.717) is 0 Å². The zero-order chi connectivity index (χ0) is 24.4. The first kappa shape index (κ1) is 29.9. The molecule has 0 aliphatic heterocycles. The number of hydrogen-bond donors (Lipinski definition) is 0. The molecule has 0 spiro atoms. The second kappa shape index (κ2) is 24.0. The Hall–Kier alpha value is -2.16. The van der Waals surface area contributed by atoms with E-state index in [0.717, 1.165) is 39.3 Å². The standard InChI is InChI=1S/2C16H24O/c2*1-2-3-4-5-6-7-11-14-17-15-16-12-9-8-10-13-16/h2*6-10,12-13H,2-5,11,14-15H2,1H3. The smallest absolute Gasteiger partial charge is 0.0717 e. The van der Waals surface area contributed by atoms with Gasteiger partial charge in [0, 0.05) is 0 Å². The van der Waals surface area contributed by atoms with E-state index < -0.39 is 0 Å². The molecule has 2 rings (SSSR count). The number of unbranched alkanes of at least 4 members (excludes halogenated alkanes) is 6. The summed E-state index contributed by atoms with van der Waals surface area (Å²) in [4.78, 5) is 0. The molecule has 0 unspecified atom stereocenters. The van der Waals surface area contributed by atoms with Crippen LogP contribution in [-0.2, 0) is 22.7 Å². The minimum absolute atomic E-state index is 0.727. The molecule has 2 aromatic rings. The Bertz CT molecular complexity index is 643. The van der Waals surface area contributed by atoms with Gasteiger partial charge in [0.05, 0.1) is 26.4 Å². The highest BCUT2D eigenvalue weighted by Crippen LogP contribution is 2.04. The second-order valence-electron chi connectivity index (χ2n) is 8.59. The maximum absolute atomic E-state index is 5.60. The molecule has 0 aromatic heterocycles. The first-order valence-corrected chi connectivity index (χ1v) is 13.4. The van der Waals surface area contributed by atoms with E-state index in [2.05, 4.69) is 62.4 Å². The van der Waals surface area contributed by atoms with Crippen molar-refractivity contribution in [3.05, 3.63) is 96.1 Å². The molecule has 0 amide bonds. The summed E-state index contributed by atoms with van der Waals surface area (Å²) in [5.41, 5.74) is 2.50. The summed E-state index contributed by atoms with van der Waals surface area (Å²) < 4.78 is 11.2. The molecular weight excluding hydrogens is 416 g/mol. The van der Waals surface area contributed by atoms with Gasteiger partial charge in [-0.15, -0.1) is 0 Å². The van der Waals surface area contributed by atoms with Gasteiger partial charge < -0.3 is 9.47 Å². The Morgan fingerprint density at radius 1 is 0.500 bits per heavy atom. The number of ether oxygens (including phenoxy) is 2. The second-order valence-corrected chi connectivity index (χ2v) is 8.59. The van der Waals surface area contributed by atoms with Crippen LogP contribution in [0.4, 0.5) is 0 Å². The largest absolute Gasteiger partial charge is 0.376 e. The molecule has 0 aliphatic carbocycles. The molecule has 0 heterocycles. The summed E-state index contributed by atoms with van der Waals surface area (Å²) >= 11 is 0. The first-order chi connectivity index (χ1) is 16.9. The van der Waals surface area contributed by atoms with Crippen LogP contribution in [0.2, 0.25) is 0 Å². The van der Waals surface area contributed by atoms with Gasteiger partial charge in [0.25, 0.3) is 0 Å². The SMILES string of the molecule is CCCCCC=CCCOCc1ccccc1.CCCCCC=CCCOCc1ccccc1. The van der Waals surface area contributed by atoms with Gasteiger partial charge in [-0.05, 0) is 49.7 Å². The van der Waals surface area contributed by atoms with E-state index in [-0.39, 0.29) is 0 Å². The molecule has 0 N–H and O–H groups in total. The van der Waals surface area contributed by atoms with Crippen LogP contribution >= 0.6 is 0 Å². The third-order valence-electron chi connectivity index (χ3n) is 5.36. The molecule has 0 fully saturated rings. The molecule has 0 saturated carbocycles. The van der Waals surface area contributed by atoms with E-state index in [1.807, 2.05) is 36.4 Å². The summed E-state index contributed by atoms with van der Waals surface area (Å²) in [7, 11) is 0. The van der Waals surface area contributed by atoms with Crippen molar-refractivity contribution in [3.63, 3.8) is 0 Å². The third kappa shape index (κ3) is 19.3. The molecule has 0 atom stereocenters. The van der Waals surface area contributed by atoms with Crippen LogP contribution in [0.5, 0.6) is 0 Å². The summed E-state index contributed by atoms with van der Waals surface area (Å²) in [6.07, 6.45) is 21.4. The monoisotopic (exact) mass is 464 g/mol. The van der Waals surface area contributed by atoms with Gasteiger partial charge >= 0.3 is 0 Å². The van der Waals surface area contributed by atoms with Gasteiger partial charge in [0.2, 0.25) is 0 Å². The molecule has 0 aliphatic rings. The molecule has 2 nitrogen and oxygen atoms in total. The van der Waals surface area contributed by atoms with Crippen molar-refractivity contribution >= 4 is 0 Å². The fraction of sp³-hybridized carbons (Fsp3) is 0.500. The third-order valence-corrected chi connectivity index (χ3v) is 5.36. The predicted molar refractivity (Wildman–Crippen MR) is 148 cm³/mol. The Kier molecular flexibility index (Phi) is 21.1. The van der Waals surface area contributed by atoms with E-state index in [1.165, 1.54) is 62.5 Å². The van der Waals surface area contributed by atoms with Gasteiger partial charge in [-0.1, -0.05) is 124 Å². The van der Waals surface area contributed by atoms with Crippen LogP contribution in [-0.4, -0.2) is 13.2 Å². The number of rotatable bonds is 18. The molecule has 2 aromatic carbocycles. The van der Waals surface area contributed by atoms with Crippen LogP contribution < -0.4 is 0 Å². The Morgan fingerprint density at radius 2 is 0.882 bits per heavy atom.